The molecule has 0 saturated heterocycles. The van der Waals surface area contributed by atoms with Crippen molar-refractivity contribution in [3.8, 4) is 34.4 Å². The van der Waals surface area contributed by atoms with Crippen LogP contribution in [0, 0.1) is 22.7 Å². The van der Waals surface area contributed by atoms with Gasteiger partial charge < -0.3 is 9.80 Å². The van der Waals surface area contributed by atoms with Gasteiger partial charge in [0, 0.05) is 34.1 Å². The van der Waals surface area contributed by atoms with Crippen molar-refractivity contribution in [2.75, 3.05) is 9.80 Å². The van der Waals surface area contributed by atoms with Gasteiger partial charge in [-0.15, -0.1) is 0 Å². The van der Waals surface area contributed by atoms with Gasteiger partial charge in [0.15, 0.2) is 0 Å². The number of anilines is 6. The van der Waals surface area contributed by atoms with Gasteiger partial charge in [0.25, 0.3) is 0 Å². The Balaban J connectivity index is 1.14. The fraction of sp³-hybridized carbons (Fsp3) is 0.134. The minimum absolute atomic E-state index is 0.00127. The third-order valence-corrected chi connectivity index (χ3v) is 15.0. The zero-order valence-electron chi connectivity index (χ0n) is 40.9. The van der Waals surface area contributed by atoms with E-state index in [1.807, 2.05) is 24.3 Å². The summed E-state index contributed by atoms with van der Waals surface area (Å²) in [5.41, 5.74) is 19.3. The van der Waals surface area contributed by atoms with Gasteiger partial charge in [-0.3, -0.25) is 0 Å². The smallest absolute Gasteiger partial charge is 0.0991 e. The number of fused-ring (bicyclic) bond motifs is 15. The average molecular weight is 913 g/mol. The summed E-state index contributed by atoms with van der Waals surface area (Å²) in [4.78, 5) is 4.66. The van der Waals surface area contributed by atoms with E-state index in [1.165, 1.54) is 77.2 Å². The molecule has 10 aromatic rings. The first-order valence-corrected chi connectivity index (χ1v) is 24.5. The second-order valence-electron chi connectivity index (χ2n) is 21.2. The van der Waals surface area contributed by atoms with Gasteiger partial charge in [-0.25, -0.2) is 0 Å². The van der Waals surface area contributed by atoms with Gasteiger partial charge in [0.05, 0.1) is 28.7 Å². The Hall–Kier alpha value is -8.70. The third-order valence-electron chi connectivity index (χ3n) is 15.0. The second-order valence-corrected chi connectivity index (χ2v) is 21.2. The molecule has 0 radical (unpaired) electrons. The second kappa shape index (κ2) is 16.2. The quantitative estimate of drug-likeness (QED) is 0.156. The van der Waals surface area contributed by atoms with E-state index in [-0.39, 0.29) is 10.8 Å². The largest absolute Gasteiger partial charge is 0.310 e. The van der Waals surface area contributed by atoms with Gasteiger partial charge in [-0.05, 0) is 185 Å². The molecule has 0 unspecified atom stereocenters. The van der Waals surface area contributed by atoms with Crippen LogP contribution in [0.15, 0.2) is 206 Å². The van der Waals surface area contributed by atoms with E-state index in [2.05, 4.69) is 245 Å². The van der Waals surface area contributed by atoms with E-state index in [0.717, 1.165) is 34.1 Å². The maximum absolute atomic E-state index is 9.85. The Labute approximate surface area is 417 Å². The van der Waals surface area contributed by atoms with Crippen molar-refractivity contribution in [2.45, 2.75) is 57.8 Å². The molecular formula is C67H52N4. The van der Waals surface area contributed by atoms with Gasteiger partial charge in [-0.2, -0.15) is 10.5 Å². The molecule has 340 valence electrons. The van der Waals surface area contributed by atoms with Crippen LogP contribution in [0.2, 0.25) is 0 Å². The molecule has 0 N–H and O–H groups in total. The molecule has 0 aliphatic heterocycles. The average Bonchev–Trinajstić information content (AvgIpc) is 3.87. The topological polar surface area (TPSA) is 54.1 Å². The fourth-order valence-corrected chi connectivity index (χ4v) is 11.6. The Morgan fingerprint density at radius 2 is 0.761 bits per heavy atom. The minimum atomic E-state index is -0.667. The summed E-state index contributed by atoms with van der Waals surface area (Å²) in [7, 11) is 0. The molecule has 71 heavy (non-hydrogen) atoms. The summed E-state index contributed by atoms with van der Waals surface area (Å²) in [5.74, 6) is 0. The molecule has 0 fully saturated rings. The third kappa shape index (κ3) is 6.78. The number of nitriles is 2. The molecule has 4 nitrogen and oxygen atoms in total. The first-order chi connectivity index (χ1) is 34.4. The van der Waals surface area contributed by atoms with Crippen LogP contribution in [-0.2, 0) is 16.2 Å². The van der Waals surface area contributed by atoms with Crippen molar-refractivity contribution >= 4 is 55.7 Å². The lowest BCUT2D eigenvalue weighted by Crippen LogP contribution is -2.26. The van der Waals surface area contributed by atoms with Crippen LogP contribution >= 0.6 is 0 Å². The Bertz CT molecular complexity index is 3790. The fourth-order valence-electron chi connectivity index (χ4n) is 11.6. The molecule has 2 aliphatic carbocycles. The first-order valence-electron chi connectivity index (χ1n) is 24.5. The minimum Gasteiger partial charge on any atom is -0.310 e. The normalized spacial score (nSPS) is 13.0. The predicted octanol–water partition coefficient (Wildman–Crippen LogP) is 17.6. The van der Waals surface area contributed by atoms with Crippen LogP contribution in [-0.4, -0.2) is 0 Å². The van der Waals surface area contributed by atoms with Crippen LogP contribution in [0.25, 0.3) is 43.8 Å². The van der Waals surface area contributed by atoms with Gasteiger partial charge in [0.1, 0.15) is 0 Å². The number of nitrogens with zero attached hydrogens (tertiary/aromatic N) is 4. The molecule has 0 saturated carbocycles. The van der Waals surface area contributed by atoms with E-state index in [4.69, 9.17) is 0 Å². The SMILES string of the molecule is CC(C)(C)c1ccc(N(c2ccc(C#N)cc2)c2ccc3c(c2)C2(c4ccccc4-c4ccccc42)c2c-3c3ccccc3c3cc(N(c4ccc(C#N)cc4)c4ccc(C(C)(C)C)cc4)ccc23)cc1. The van der Waals surface area contributed by atoms with Crippen LogP contribution in [0.4, 0.5) is 34.1 Å². The predicted molar refractivity (Wildman–Crippen MR) is 294 cm³/mol. The molecule has 1 spiro atoms. The van der Waals surface area contributed by atoms with Crippen molar-refractivity contribution in [3.05, 3.63) is 251 Å². The Kier molecular flexibility index (Phi) is 9.94. The highest BCUT2D eigenvalue weighted by molar-refractivity contribution is 6.20. The lowest BCUT2D eigenvalue weighted by molar-refractivity contribution is 0.590. The molecular weight excluding hydrogens is 861 g/mol. The molecule has 0 atom stereocenters. The zero-order valence-corrected chi connectivity index (χ0v) is 40.9. The van der Waals surface area contributed by atoms with Gasteiger partial charge in [0.2, 0.25) is 0 Å². The molecule has 0 aromatic heterocycles. The highest BCUT2D eigenvalue weighted by Crippen LogP contribution is 2.66. The standard InChI is InChI=1S/C67H52N4/c1-65(2,3)45-23-31-49(32-24-45)70(47-27-19-43(41-68)20-28-47)51-35-37-57-59(39-51)53-13-7-8-16-56(53)63-58-38-36-52(71(48-29-21-44(42-69)22-30-48)50-33-25-46(26-34-50)66(4,5)6)40-62(58)67(64(57)63)60-17-11-9-14-54(60)55-15-10-12-18-61(55)67/h7-40H,1-6H3. The number of hydrogen-bond donors (Lipinski definition) is 0. The van der Waals surface area contributed by atoms with E-state index in [1.54, 1.807) is 0 Å². The molecule has 0 heterocycles. The van der Waals surface area contributed by atoms with Crippen molar-refractivity contribution in [1.29, 1.82) is 10.5 Å². The Morgan fingerprint density at radius 3 is 1.24 bits per heavy atom. The summed E-state index contributed by atoms with van der Waals surface area (Å²) in [6.07, 6.45) is 0. The van der Waals surface area contributed by atoms with Crippen LogP contribution in [0.1, 0.15) is 86.1 Å². The van der Waals surface area contributed by atoms with Crippen LogP contribution in [0.5, 0.6) is 0 Å². The summed E-state index contributed by atoms with van der Waals surface area (Å²) >= 11 is 0. The van der Waals surface area contributed by atoms with E-state index in [0.29, 0.717) is 11.1 Å². The van der Waals surface area contributed by atoms with E-state index < -0.39 is 5.41 Å². The maximum Gasteiger partial charge on any atom is 0.0991 e. The number of benzene rings is 10. The highest BCUT2D eigenvalue weighted by Gasteiger charge is 2.53. The van der Waals surface area contributed by atoms with E-state index in [9.17, 15) is 10.5 Å². The van der Waals surface area contributed by atoms with Gasteiger partial charge >= 0.3 is 0 Å². The lowest BCUT2D eigenvalue weighted by Gasteiger charge is -2.33. The summed E-state index contributed by atoms with van der Waals surface area (Å²) < 4.78 is 0. The molecule has 10 aromatic carbocycles. The van der Waals surface area contributed by atoms with Crippen molar-refractivity contribution < 1.29 is 0 Å². The monoisotopic (exact) mass is 912 g/mol. The van der Waals surface area contributed by atoms with Crippen molar-refractivity contribution in [3.63, 3.8) is 0 Å². The molecule has 0 bridgehead atoms. The number of rotatable bonds is 6. The van der Waals surface area contributed by atoms with E-state index >= 15 is 0 Å². The number of hydrogen-bond acceptors (Lipinski definition) is 4. The van der Waals surface area contributed by atoms with Crippen molar-refractivity contribution in [2.24, 2.45) is 0 Å². The Morgan fingerprint density at radius 1 is 0.352 bits per heavy atom. The summed E-state index contributed by atoms with van der Waals surface area (Å²) in [5, 5.41) is 24.4. The first kappa shape index (κ1) is 43.6. The molecule has 4 heteroatoms. The molecule has 2 aliphatic rings. The zero-order chi connectivity index (χ0) is 48.8. The van der Waals surface area contributed by atoms with Crippen LogP contribution in [0.3, 0.4) is 0 Å². The summed E-state index contributed by atoms with van der Waals surface area (Å²) in [6.45, 7) is 13.5. The molecule has 12 rings (SSSR count). The molecule has 0 amide bonds. The maximum atomic E-state index is 9.85. The van der Waals surface area contributed by atoms with Crippen molar-refractivity contribution in [1.82, 2.24) is 0 Å². The lowest BCUT2D eigenvalue weighted by atomic mass is 9.69. The highest BCUT2D eigenvalue weighted by atomic mass is 15.1. The summed E-state index contributed by atoms with van der Waals surface area (Å²) in [6, 6.07) is 79.5. The van der Waals surface area contributed by atoms with Crippen LogP contribution < -0.4 is 9.80 Å². The van der Waals surface area contributed by atoms with Gasteiger partial charge in [-0.1, -0.05) is 151 Å².